The number of hydrogen-bond donors (Lipinski definition) is 0. The molecule has 0 atom stereocenters. The Labute approximate surface area is 66.3 Å². The van der Waals surface area contributed by atoms with Crippen molar-refractivity contribution in [1.82, 2.24) is 0 Å². The first kappa shape index (κ1) is 9.64. The summed E-state index contributed by atoms with van der Waals surface area (Å²) >= 11 is 0. The molecule has 0 radical (unpaired) electrons. The first-order valence-electron chi connectivity index (χ1n) is 3.31. The number of hydrogen-bond acceptors (Lipinski definition) is 2. The number of Topliss-reactive ketones (excluding diaryl/α,β-unsaturated/α-hetero) is 1. The van der Waals surface area contributed by atoms with Gasteiger partial charge in [0.25, 0.3) is 0 Å². The molecular formula is C9H10O2. The average Bonchev–Trinajstić information content (AvgIpc) is 2.01. The first-order chi connectivity index (χ1) is 5.20. The Balaban J connectivity index is 3.55. The lowest BCUT2D eigenvalue weighted by atomic mass is 10.1. The molecule has 0 heterocycles. The maximum absolute atomic E-state index is 10.7. The molecule has 0 saturated heterocycles. The lowest BCUT2D eigenvalue weighted by Gasteiger charge is -1.91. The Bertz CT molecular complexity index is 208. The monoisotopic (exact) mass is 150 g/mol. The van der Waals surface area contributed by atoms with Gasteiger partial charge in [-0.1, -0.05) is 12.5 Å². The van der Waals surface area contributed by atoms with E-state index in [-0.39, 0.29) is 30.8 Å². The number of carbonyl (C=O) groups is 2. The van der Waals surface area contributed by atoms with Gasteiger partial charge in [0.15, 0.2) is 5.78 Å². The van der Waals surface area contributed by atoms with Gasteiger partial charge in [-0.3, -0.25) is 9.59 Å². The molecule has 0 aliphatic rings. The molecule has 2 nitrogen and oxygen atoms in total. The van der Waals surface area contributed by atoms with E-state index in [1.165, 1.54) is 6.08 Å². The standard InChI is InChI=1S/C9H10O2/c1-3-5-9(11)7-6-8(10)4-2/h1,4H,2,5-7H2. The maximum Gasteiger partial charge on any atom is 0.155 e. The van der Waals surface area contributed by atoms with Crippen LogP contribution in [-0.2, 0) is 9.59 Å². The SMILES string of the molecule is C#CCC(=O)CCC(=O)C=C. The zero-order chi connectivity index (χ0) is 8.69. The third-order valence-electron chi connectivity index (χ3n) is 1.18. The van der Waals surface area contributed by atoms with Crippen LogP contribution in [0.1, 0.15) is 19.3 Å². The zero-order valence-corrected chi connectivity index (χ0v) is 6.30. The molecule has 0 saturated carbocycles. The van der Waals surface area contributed by atoms with E-state index in [9.17, 15) is 9.59 Å². The van der Waals surface area contributed by atoms with Crippen molar-refractivity contribution in [3.63, 3.8) is 0 Å². The molecular weight excluding hydrogens is 140 g/mol. The molecule has 0 aliphatic carbocycles. The molecule has 0 amide bonds. The van der Waals surface area contributed by atoms with Crippen molar-refractivity contribution in [1.29, 1.82) is 0 Å². The number of terminal acetylenes is 1. The van der Waals surface area contributed by atoms with Crippen molar-refractivity contribution in [2.24, 2.45) is 0 Å². The molecule has 0 aromatic heterocycles. The predicted octanol–water partition coefficient (Wildman–Crippen LogP) is 1.11. The first-order valence-corrected chi connectivity index (χ1v) is 3.31. The van der Waals surface area contributed by atoms with E-state index in [2.05, 4.69) is 12.5 Å². The minimum atomic E-state index is -0.115. The molecule has 58 valence electrons. The molecule has 11 heavy (non-hydrogen) atoms. The van der Waals surface area contributed by atoms with Gasteiger partial charge in [-0.15, -0.1) is 6.42 Å². The summed E-state index contributed by atoms with van der Waals surface area (Å²) in [7, 11) is 0. The van der Waals surface area contributed by atoms with Gasteiger partial charge in [0.1, 0.15) is 5.78 Å². The molecule has 0 N–H and O–H groups in total. The molecule has 0 unspecified atom stereocenters. The minimum Gasteiger partial charge on any atom is -0.299 e. The fourth-order valence-electron chi connectivity index (χ4n) is 0.567. The average molecular weight is 150 g/mol. The van der Waals surface area contributed by atoms with E-state index < -0.39 is 0 Å². The summed E-state index contributed by atoms with van der Waals surface area (Å²) in [6, 6.07) is 0. The van der Waals surface area contributed by atoms with Crippen molar-refractivity contribution in [2.75, 3.05) is 0 Å². The highest BCUT2D eigenvalue weighted by atomic mass is 16.1. The van der Waals surface area contributed by atoms with E-state index in [4.69, 9.17) is 6.42 Å². The molecule has 0 aromatic carbocycles. The summed E-state index contributed by atoms with van der Waals surface area (Å²) in [4.78, 5) is 21.3. The van der Waals surface area contributed by atoms with Crippen molar-refractivity contribution in [3.05, 3.63) is 12.7 Å². The Morgan fingerprint density at radius 1 is 1.45 bits per heavy atom. The van der Waals surface area contributed by atoms with Crippen LogP contribution in [-0.4, -0.2) is 11.6 Å². The van der Waals surface area contributed by atoms with Crippen LogP contribution >= 0.6 is 0 Å². The van der Waals surface area contributed by atoms with Gasteiger partial charge in [0, 0.05) is 12.8 Å². The lowest BCUT2D eigenvalue weighted by molar-refractivity contribution is -0.121. The molecule has 0 aromatic rings. The van der Waals surface area contributed by atoms with Crippen LogP contribution in [0.15, 0.2) is 12.7 Å². The van der Waals surface area contributed by atoms with Crippen LogP contribution in [0.3, 0.4) is 0 Å². The van der Waals surface area contributed by atoms with Crippen LogP contribution in [0.2, 0.25) is 0 Å². The highest BCUT2D eigenvalue weighted by Gasteiger charge is 2.01. The van der Waals surface area contributed by atoms with E-state index in [0.29, 0.717) is 0 Å². The molecule has 2 heteroatoms. The quantitative estimate of drug-likeness (QED) is 0.434. The van der Waals surface area contributed by atoms with E-state index in [1.807, 2.05) is 0 Å². The van der Waals surface area contributed by atoms with E-state index in [1.54, 1.807) is 0 Å². The van der Waals surface area contributed by atoms with E-state index >= 15 is 0 Å². The fourth-order valence-corrected chi connectivity index (χ4v) is 0.567. The number of allylic oxidation sites excluding steroid dienone is 1. The van der Waals surface area contributed by atoms with Gasteiger partial charge in [-0.25, -0.2) is 0 Å². The van der Waals surface area contributed by atoms with E-state index in [0.717, 1.165) is 0 Å². The largest absolute Gasteiger partial charge is 0.299 e. The van der Waals surface area contributed by atoms with Gasteiger partial charge < -0.3 is 0 Å². The number of rotatable bonds is 5. The van der Waals surface area contributed by atoms with Crippen LogP contribution in [0, 0.1) is 12.3 Å². The predicted molar refractivity (Wildman–Crippen MR) is 42.9 cm³/mol. The summed E-state index contributed by atoms with van der Waals surface area (Å²) in [6.45, 7) is 3.28. The van der Waals surface area contributed by atoms with Crippen LogP contribution < -0.4 is 0 Å². The summed E-state index contributed by atoms with van der Waals surface area (Å²) in [6.07, 6.45) is 6.68. The summed E-state index contributed by atoms with van der Waals surface area (Å²) in [5.74, 6) is 2.04. The minimum absolute atomic E-state index is 0.0669. The third kappa shape index (κ3) is 5.10. The van der Waals surface area contributed by atoms with Gasteiger partial charge >= 0.3 is 0 Å². The smallest absolute Gasteiger partial charge is 0.155 e. The van der Waals surface area contributed by atoms with Crippen molar-refractivity contribution < 1.29 is 9.59 Å². The van der Waals surface area contributed by atoms with Crippen LogP contribution in [0.5, 0.6) is 0 Å². The van der Waals surface area contributed by atoms with Crippen molar-refractivity contribution in [3.8, 4) is 12.3 Å². The van der Waals surface area contributed by atoms with Gasteiger partial charge in [-0.2, -0.15) is 0 Å². The molecule has 0 fully saturated rings. The summed E-state index contributed by atoms with van der Waals surface area (Å²) in [5.41, 5.74) is 0. The lowest BCUT2D eigenvalue weighted by Crippen LogP contribution is -2.00. The Morgan fingerprint density at radius 2 is 2.09 bits per heavy atom. The molecule has 0 spiro atoms. The fraction of sp³-hybridized carbons (Fsp3) is 0.333. The second-order valence-corrected chi connectivity index (χ2v) is 2.09. The summed E-state index contributed by atoms with van der Waals surface area (Å²) in [5, 5.41) is 0. The molecule has 0 bridgehead atoms. The third-order valence-corrected chi connectivity index (χ3v) is 1.18. The topological polar surface area (TPSA) is 34.1 Å². The second kappa shape index (κ2) is 5.43. The van der Waals surface area contributed by atoms with Crippen LogP contribution in [0.25, 0.3) is 0 Å². The normalized spacial score (nSPS) is 8.27. The van der Waals surface area contributed by atoms with Gasteiger partial charge in [0.2, 0.25) is 0 Å². The maximum atomic E-state index is 10.7. The van der Waals surface area contributed by atoms with Crippen molar-refractivity contribution >= 4 is 11.6 Å². The Kier molecular flexibility index (Phi) is 4.76. The van der Waals surface area contributed by atoms with Crippen LogP contribution in [0.4, 0.5) is 0 Å². The number of ketones is 2. The molecule has 0 rings (SSSR count). The number of carbonyl (C=O) groups excluding carboxylic acids is 2. The summed E-state index contributed by atoms with van der Waals surface area (Å²) < 4.78 is 0. The van der Waals surface area contributed by atoms with Gasteiger partial charge in [-0.05, 0) is 6.08 Å². The van der Waals surface area contributed by atoms with Gasteiger partial charge in [0.05, 0.1) is 6.42 Å². The second-order valence-electron chi connectivity index (χ2n) is 2.09. The van der Waals surface area contributed by atoms with Crippen molar-refractivity contribution in [2.45, 2.75) is 19.3 Å². The zero-order valence-electron chi connectivity index (χ0n) is 6.30. The molecule has 0 aliphatic heterocycles. The highest BCUT2D eigenvalue weighted by Crippen LogP contribution is 1.95. The Hall–Kier alpha value is -1.36. The Morgan fingerprint density at radius 3 is 2.55 bits per heavy atom. The highest BCUT2D eigenvalue weighted by molar-refractivity contribution is 5.92.